The summed E-state index contributed by atoms with van der Waals surface area (Å²) in [5.41, 5.74) is -1.95. The summed E-state index contributed by atoms with van der Waals surface area (Å²) < 4.78 is 4.26. The van der Waals surface area contributed by atoms with Gasteiger partial charge in [-0.05, 0) is 13.3 Å². The number of esters is 1. The Balaban J connectivity index is 4.59. The van der Waals surface area contributed by atoms with Crippen LogP contribution < -0.4 is 0 Å². The molecule has 0 aliphatic carbocycles. The average Bonchev–Trinajstić information content (AvgIpc) is 2.01. The van der Waals surface area contributed by atoms with Crippen molar-refractivity contribution in [2.24, 2.45) is 0 Å². The Labute approximate surface area is 65.2 Å². The summed E-state index contributed by atoms with van der Waals surface area (Å²) in [6.07, 6.45) is 0.0367. The fourth-order valence-corrected chi connectivity index (χ4v) is 0.706. The molecular weight excluding hydrogens is 148 g/mol. The first kappa shape index (κ1) is 10.1. The first-order chi connectivity index (χ1) is 4.99. The van der Waals surface area contributed by atoms with E-state index in [9.17, 15) is 14.7 Å². The molecular formula is C7H12O4. The molecule has 0 saturated carbocycles. The average molecular weight is 160 g/mol. The SMILES string of the molecule is CC[C@@](O)(C(C)=O)C(=O)OC. The molecule has 4 heteroatoms. The summed E-state index contributed by atoms with van der Waals surface area (Å²) in [5.74, 6) is -1.49. The summed E-state index contributed by atoms with van der Waals surface area (Å²) in [4.78, 5) is 21.6. The van der Waals surface area contributed by atoms with Gasteiger partial charge < -0.3 is 9.84 Å². The molecule has 1 atom stereocenters. The highest BCUT2D eigenvalue weighted by Crippen LogP contribution is 2.12. The van der Waals surface area contributed by atoms with Crippen LogP contribution in [0.1, 0.15) is 20.3 Å². The predicted octanol–water partition coefficient (Wildman–Crippen LogP) is -0.111. The second-order valence-corrected chi connectivity index (χ2v) is 2.26. The van der Waals surface area contributed by atoms with Crippen molar-refractivity contribution in [1.29, 1.82) is 0 Å². The summed E-state index contributed by atoms with van der Waals surface area (Å²) in [5, 5.41) is 9.34. The molecule has 1 N–H and O–H groups in total. The van der Waals surface area contributed by atoms with Gasteiger partial charge in [-0.25, -0.2) is 4.79 Å². The van der Waals surface area contributed by atoms with Crippen LogP contribution in [0.15, 0.2) is 0 Å². The lowest BCUT2D eigenvalue weighted by molar-refractivity contribution is -0.167. The van der Waals surface area contributed by atoms with Crippen molar-refractivity contribution < 1.29 is 19.4 Å². The predicted molar refractivity (Wildman–Crippen MR) is 37.9 cm³/mol. The molecule has 0 radical (unpaired) electrons. The van der Waals surface area contributed by atoms with E-state index in [0.29, 0.717) is 0 Å². The molecule has 0 aromatic carbocycles. The maximum absolute atomic E-state index is 10.8. The molecule has 0 aliphatic rings. The smallest absolute Gasteiger partial charge is 0.345 e. The van der Waals surface area contributed by atoms with E-state index < -0.39 is 17.4 Å². The Kier molecular flexibility index (Phi) is 3.19. The highest BCUT2D eigenvalue weighted by atomic mass is 16.5. The highest BCUT2D eigenvalue weighted by molar-refractivity contribution is 6.05. The van der Waals surface area contributed by atoms with Gasteiger partial charge in [-0.1, -0.05) is 6.92 Å². The lowest BCUT2D eigenvalue weighted by Crippen LogP contribution is -2.45. The van der Waals surface area contributed by atoms with Crippen LogP contribution in [0.25, 0.3) is 0 Å². The fourth-order valence-electron chi connectivity index (χ4n) is 0.706. The van der Waals surface area contributed by atoms with Crippen LogP contribution in [0.5, 0.6) is 0 Å². The van der Waals surface area contributed by atoms with Gasteiger partial charge in [-0.15, -0.1) is 0 Å². The monoisotopic (exact) mass is 160 g/mol. The molecule has 0 rings (SSSR count). The Morgan fingerprint density at radius 2 is 2.00 bits per heavy atom. The standard InChI is InChI=1S/C7H12O4/c1-4-7(10,5(2)8)6(9)11-3/h10H,4H2,1-3H3/t7-/m1/s1. The number of carbonyl (C=O) groups is 2. The minimum Gasteiger partial charge on any atom is -0.467 e. The molecule has 11 heavy (non-hydrogen) atoms. The van der Waals surface area contributed by atoms with Gasteiger partial charge in [0.05, 0.1) is 7.11 Å². The Morgan fingerprint density at radius 1 is 1.55 bits per heavy atom. The molecule has 0 fully saturated rings. The number of rotatable bonds is 3. The van der Waals surface area contributed by atoms with Crippen molar-refractivity contribution in [3.05, 3.63) is 0 Å². The zero-order chi connectivity index (χ0) is 9.07. The quantitative estimate of drug-likeness (QED) is 0.462. The molecule has 0 aromatic rings. The zero-order valence-corrected chi connectivity index (χ0v) is 6.88. The number of carbonyl (C=O) groups excluding carboxylic acids is 2. The number of methoxy groups -OCH3 is 1. The van der Waals surface area contributed by atoms with Crippen LogP contribution in [-0.2, 0) is 14.3 Å². The third-order valence-electron chi connectivity index (χ3n) is 1.62. The Hall–Kier alpha value is -0.900. The van der Waals surface area contributed by atoms with E-state index in [0.717, 1.165) is 14.0 Å². The number of Topliss-reactive ketones (excluding diaryl/α,β-unsaturated/α-hetero) is 1. The van der Waals surface area contributed by atoms with Gasteiger partial charge in [-0.2, -0.15) is 0 Å². The second-order valence-electron chi connectivity index (χ2n) is 2.26. The Bertz CT molecular complexity index is 175. The van der Waals surface area contributed by atoms with Gasteiger partial charge in [0.2, 0.25) is 5.60 Å². The maximum Gasteiger partial charge on any atom is 0.345 e. The number of ketones is 1. The molecule has 0 spiro atoms. The Morgan fingerprint density at radius 3 is 2.09 bits per heavy atom. The molecule has 0 aliphatic heterocycles. The van der Waals surface area contributed by atoms with E-state index in [2.05, 4.69) is 4.74 Å². The van der Waals surface area contributed by atoms with E-state index in [1.54, 1.807) is 6.92 Å². The number of ether oxygens (including phenoxy) is 1. The third-order valence-corrected chi connectivity index (χ3v) is 1.62. The van der Waals surface area contributed by atoms with Gasteiger partial charge in [0.25, 0.3) is 0 Å². The van der Waals surface area contributed by atoms with Crippen molar-refractivity contribution in [3.8, 4) is 0 Å². The van der Waals surface area contributed by atoms with Gasteiger partial charge in [-0.3, -0.25) is 4.79 Å². The van der Waals surface area contributed by atoms with E-state index in [4.69, 9.17) is 0 Å². The summed E-state index contributed by atoms with van der Waals surface area (Å²) in [6.45, 7) is 2.69. The van der Waals surface area contributed by atoms with Crippen LogP contribution in [0.3, 0.4) is 0 Å². The lowest BCUT2D eigenvalue weighted by atomic mass is 9.97. The second kappa shape index (κ2) is 3.48. The zero-order valence-electron chi connectivity index (χ0n) is 6.88. The molecule has 64 valence electrons. The summed E-state index contributed by atoms with van der Waals surface area (Å²) >= 11 is 0. The number of aliphatic hydroxyl groups is 1. The van der Waals surface area contributed by atoms with Gasteiger partial charge in [0.15, 0.2) is 5.78 Å². The van der Waals surface area contributed by atoms with Gasteiger partial charge in [0, 0.05) is 0 Å². The summed E-state index contributed by atoms with van der Waals surface area (Å²) in [6, 6.07) is 0. The van der Waals surface area contributed by atoms with Gasteiger partial charge in [0.1, 0.15) is 0 Å². The van der Waals surface area contributed by atoms with Crippen molar-refractivity contribution in [1.82, 2.24) is 0 Å². The molecule has 0 unspecified atom stereocenters. The third kappa shape index (κ3) is 1.77. The highest BCUT2D eigenvalue weighted by Gasteiger charge is 2.40. The van der Waals surface area contributed by atoms with Crippen molar-refractivity contribution in [3.63, 3.8) is 0 Å². The molecule has 0 saturated heterocycles. The molecule has 4 nitrogen and oxygen atoms in total. The van der Waals surface area contributed by atoms with Gasteiger partial charge >= 0.3 is 5.97 Å². The van der Waals surface area contributed by atoms with Crippen LogP contribution in [0.4, 0.5) is 0 Å². The molecule has 0 aromatic heterocycles. The van der Waals surface area contributed by atoms with Crippen molar-refractivity contribution in [2.45, 2.75) is 25.9 Å². The fraction of sp³-hybridized carbons (Fsp3) is 0.714. The minimum atomic E-state index is -1.95. The molecule has 0 bridgehead atoms. The van der Waals surface area contributed by atoms with E-state index in [1.165, 1.54) is 0 Å². The van der Waals surface area contributed by atoms with Crippen LogP contribution in [-0.4, -0.2) is 29.6 Å². The largest absolute Gasteiger partial charge is 0.467 e. The maximum atomic E-state index is 10.8. The van der Waals surface area contributed by atoms with Crippen LogP contribution >= 0.6 is 0 Å². The van der Waals surface area contributed by atoms with Crippen molar-refractivity contribution in [2.75, 3.05) is 7.11 Å². The van der Waals surface area contributed by atoms with E-state index in [1.807, 2.05) is 0 Å². The van der Waals surface area contributed by atoms with E-state index in [-0.39, 0.29) is 6.42 Å². The first-order valence-electron chi connectivity index (χ1n) is 3.30. The molecule has 0 amide bonds. The lowest BCUT2D eigenvalue weighted by Gasteiger charge is -2.19. The normalized spacial score (nSPS) is 15.3. The molecule has 0 heterocycles. The van der Waals surface area contributed by atoms with Crippen LogP contribution in [0.2, 0.25) is 0 Å². The number of hydrogen-bond acceptors (Lipinski definition) is 4. The topological polar surface area (TPSA) is 63.6 Å². The summed E-state index contributed by atoms with van der Waals surface area (Å²) in [7, 11) is 1.13. The first-order valence-corrected chi connectivity index (χ1v) is 3.30. The minimum absolute atomic E-state index is 0.0367. The van der Waals surface area contributed by atoms with E-state index >= 15 is 0 Å². The van der Waals surface area contributed by atoms with Crippen molar-refractivity contribution >= 4 is 11.8 Å². The number of hydrogen-bond donors (Lipinski definition) is 1. The van der Waals surface area contributed by atoms with Crippen LogP contribution in [0, 0.1) is 0 Å².